The molecule has 0 aliphatic rings. The second kappa shape index (κ2) is 5.85. The number of aromatic nitrogens is 1. The molecule has 0 saturated heterocycles. The molecule has 2 aromatic carbocycles. The van der Waals surface area contributed by atoms with E-state index in [2.05, 4.69) is 0 Å². The number of benzene rings is 2. The Morgan fingerprint density at radius 2 is 1.96 bits per heavy atom. The smallest absolute Gasteiger partial charge is 0.341 e. The van der Waals surface area contributed by atoms with Crippen LogP contribution in [0.3, 0.4) is 0 Å². The summed E-state index contributed by atoms with van der Waals surface area (Å²) in [5, 5.41) is 9.77. The predicted molar refractivity (Wildman–Crippen MR) is 85.7 cm³/mol. The van der Waals surface area contributed by atoms with Gasteiger partial charge in [-0.2, -0.15) is 0 Å². The molecule has 1 heterocycles. The number of hydrogen-bond acceptors (Lipinski definition) is 2. The van der Waals surface area contributed by atoms with Gasteiger partial charge in [0.15, 0.2) is 0 Å². The summed E-state index contributed by atoms with van der Waals surface area (Å²) >= 11 is 6.03. The van der Waals surface area contributed by atoms with Crippen molar-refractivity contribution in [2.45, 2.75) is 6.54 Å². The molecular formula is C17H11ClFNO3. The number of nitrogens with zero attached hydrogens (tertiary/aromatic N) is 1. The van der Waals surface area contributed by atoms with E-state index in [-0.39, 0.29) is 17.1 Å². The molecule has 0 aliphatic heterocycles. The van der Waals surface area contributed by atoms with Crippen LogP contribution in [0.15, 0.2) is 53.5 Å². The summed E-state index contributed by atoms with van der Waals surface area (Å²) in [4.78, 5) is 23.5. The topological polar surface area (TPSA) is 59.3 Å². The summed E-state index contributed by atoms with van der Waals surface area (Å²) in [6.07, 6.45) is 1.28. The van der Waals surface area contributed by atoms with Gasteiger partial charge in [0.05, 0.1) is 5.52 Å². The maximum absolute atomic E-state index is 13.2. The van der Waals surface area contributed by atoms with E-state index in [4.69, 9.17) is 11.6 Å². The minimum atomic E-state index is -1.29. The minimum absolute atomic E-state index is 0.222. The van der Waals surface area contributed by atoms with Crippen LogP contribution in [0.2, 0.25) is 5.02 Å². The second-order valence-corrected chi connectivity index (χ2v) is 5.47. The van der Waals surface area contributed by atoms with Crippen molar-refractivity contribution < 1.29 is 14.3 Å². The molecule has 0 aliphatic carbocycles. The lowest BCUT2D eigenvalue weighted by molar-refractivity contribution is 0.0695. The Hall–Kier alpha value is -2.66. The molecule has 0 radical (unpaired) electrons. The standard InChI is InChI=1S/C17H11ClFNO3/c18-14-7-11(19)6-5-10(14)8-20-9-13(17(22)23)16(21)12-3-1-2-4-15(12)20/h1-7,9H,8H2,(H,22,23). The molecule has 6 heteroatoms. The zero-order valence-corrected chi connectivity index (χ0v) is 12.5. The average molecular weight is 332 g/mol. The van der Waals surface area contributed by atoms with Gasteiger partial charge >= 0.3 is 5.97 Å². The molecule has 1 N–H and O–H groups in total. The monoisotopic (exact) mass is 331 g/mol. The van der Waals surface area contributed by atoms with Crippen molar-refractivity contribution in [2.24, 2.45) is 0 Å². The van der Waals surface area contributed by atoms with Crippen LogP contribution >= 0.6 is 11.6 Å². The fourth-order valence-electron chi connectivity index (χ4n) is 2.46. The quantitative estimate of drug-likeness (QED) is 0.798. The number of carboxylic acid groups (broad SMARTS) is 1. The Kier molecular flexibility index (Phi) is 3.88. The first-order valence-electron chi connectivity index (χ1n) is 6.77. The van der Waals surface area contributed by atoms with Gasteiger partial charge in [0.2, 0.25) is 5.43 Å². The van der Waals surface area contributed by atoms with E-state index < -0.39 is 17.2 Å². The Labute approximate surface area is 135 Å². The maximum Gasteiger partial charge on any atom is 0.341 e. The number of fused-ring (bicyclic) bond motifs is 1. The van der Waals surface area contributed by atoms with E-state index in [0.717, 1.165) is 0 Å². The van der Waals surface area contributed by atoms with Crippen LogP contribution in [0.25, 0.3) is 10.9 Å². The number of rotatable bonds is 3. The van der Waals surface area contributed by atoms with Crippen LogP contribution in [0.5, 0.6) is 0 Å². The lowest BCUT2D eigenvalue weighted by Gasteiger charge is -2.13. The number of para-hydroxylation sites is 1. The van der Waals surface area contributed by atoms with Gasteiger partial charge < -0.3 is 9.67 Å². The van der Waals surface area contributed by atoms with Gasteiger partial charge in [0.25, 0.3) is 0 Å². The third-order valence-corrected chi connectivity index (χ3v) is 3.93. The van der Waals surface area contributed by atoms with E-state index in [1.165, 1.54) is 24.4 Å². The van der Waals surface area contributed by atoms with Crippen LogP contribution in [0, 0.1) is 5.82 Å². The molecule has 0 amide bonds. The number of halogens is 2. The van der Waals surface area contributed by atoms with Gasteiger partial charge in [-0.05, 0) is 29.8 Å². The maximum atomic E-state index is 13.2. The summed E-state index contributed by atoms with van der Waals surface area (Å²) in [6.45, 7) is 0.222. The fraction of sp³-hybridized carbons (Fsp3) is 0.0588. The van der Waals surface area contributed by atoms with Gasteiger partial charge in [0, 0.05) is 23.2 Å². The molecule has 0 fully saturated rings. The van der Waals surface area contributed by atoms with E-state index in [9.17, 15) is 19.1 Å². The molecule has 3 rings (SSSR count). The Morgan fingerprint density at radius 1 is 1.22 bits per heavy atom. The molecule has 4 nitrogen and oxygen atoms in total. The normalized spacial score (nSPS) is 10.9. The molecule has 0 atom stereocenters. The van der Waals surface area contributed by atoms with Crippen molar-refractivity contribution in [3.63, 3.8) is 0 Å². The number of hydrogen-bond donors (Lipinski definition) is 1. The summed E-state index contributed by atoms with van der Waals surface area (Å²) < 4.78 is 14.8. The Bertz CT molecular complexity index is 981. The van der Waals surface area contributed by atoms with Crippen molar-refractivity contribution in [1.29, 1.82) is 0 Å². The highest BCUT2D eigenvalue weighted by Gasteiger charge is 2.15. The number of carboxylic acids is 1. The summed E-state index contributed by atoms with van der Waals surface area (Å²) in [5.41, 5.74) is 0.359. The van der Waals surface area contributed by atoms with Crippen molar-refractivity contribution in [3.05, 3.63) is 80.9 Å². The summed E-state index contributed by atoms with van der Waals surface area (Å²) in [6, 6.07) is 10.7. The lowest BCUT2D eigenvalue weighted by Crippen LogP contribution is -2.19. The molecule has 23 heavy (non-hydrogen) atoms. The molecule has 0 bridgehead atoms. The van der Waals surface area contributed by atoms with Crippen LogP contribution in [0.1, 0.15) is 15.9 Å². The zero-order valence-electron chi connectivity index (χ0n) is 11.8. The molecule has 0 saturated carbocycles. The zero-order chi connectivity index (χ0) is 16.6. The Balaban J connectivity index is 2.22. The van der Waals surface area contributed by atoms with Crippen molar-refractivity contribution in [1.82, 2.24) is 4.57 Å². The summed E-state index contributed by atoms with van der Waals surface area (Å²) in [7, 11) is 0. The largest absolute Gasteiger partial charge is 0.477 e. The average Bonchev–Trinajstić information content (AvgIpc) is 2.52. The molecule has 0 spiro atoms. The van der Waals surface area contributed by atoms with E-state index in [1.54, 1.807) is 28.8 Å². The van der Waals surface area contributed by atoms with Gasteiger partial charge in [0.1, 0.15) is 11.4 Å². The molecule has 1 aromatic heterocycles. The van der Waals surface area contributed by atoms with Gasteiger partial charge in [-0.3, -0.25) is 4.79 Å². The molecular weight excluding hydrogens is 321 g/mol. The van der Waals surface area contributed by atoms with Crippen LogP contribution < -0.4 is 5.43 Å². The van der Waals surface area contributed by atoms with Crippen molar-refractivity contribution >= 4 is 28.5 Å². The molecule has 116 valence electrons. The van der Waals surface area contributed by atoms with Crippen molar-refractivity contribution in [3.8, 4) is 0 Å². The highest BCUT2D eigenvalue weighted by atomic mass is 35.5. The van der Waals surface area contributed by atoms with E-state index >= 15 is 0 Å². The van der Waals surface area contributed by atoms with E-state index in [0.29, 0.717) is 16.5 Å². The third kappa shape index (κ3) is 2.83. The molecule has 3 aromatic rings. The van der Waals surface area contributed by atoms with Crippen molar-refractivity contribution in [2.75, 3.05) is 0 Å². The van der Waals surface area contributed by atoms with Crippen LogP contribution in [-0.2, 0) is 6.54 Å². The van der Waals surface area contributed by atoms with Crippen LogP contribution in [0.4, 0.5) is 4.39 Å². The first-order valence-corrected chi connectivity index (χ1v) is 7.14. The summed E-state index contributed by atoms with van der Waals surface area (Å²) in [5.74, 6) is -1.74. The first-order chi connectivity index (χ1) is 11.0. The highest BCUT2D eigenvalue weighted by Crippen LogP contribution is 2.20. The van der Waals surface area contributed by atoms with Crippen LogP contribution in [-0.4, -0.2) is 15.6 Å². The first kappa shape index (κ1) is 15.2. The number of aromatic carboxylic acids is 1. The molecule has 0 unspecified atom stereocenters. The minimum Gasteiger partial charge on any atom is -0.477 e. The SMILES string of the molecule is O=C(O)c1cn(Cc2ccc(F)cc2Cl)c2ccccc2c1=O. The lowest BCUT2D eigenvalue weighted by atomic mass is 10.1. The number of carbonyl (C=O) groups is 1. The van der Waals surface area contributed by atoms with Gasteiger partial charge in [-0.1, -0.05) is 29.8 Å². The van der Waals surface area contributed by atoms with Gasteiger partial charge in [-0.25, -0.2) is 9.18 Å². The number of pyridine rings is 1. The predicted octanol–water partition coefficient (Wildman–Crippen LogP) is 3.54. The van der Waals surface area contributed by atoms with Gasteiger partial charge in [-0.15, -0.1) is 0 Å². The fourth-order valence-corrected chi connectivity index (χ4v) is 2.69. The second-order valence-electron chi connectivity index (χ2n) is 5.06. The Morgan fingerprint density at radius 3 is 2.65 bits per heavy atom. The highest BCUT2D eigenvalue weighted by molar-refractivity contribution is 6.31. The van der Waals surface area contributed by atoms with E-state index in [1.807, 2.05) is 0 Å². The third-order valence-electron chi connectivity index (χ3n) is 3.57.